The maximum atomic E-state index is 11.8. The molecule has 1 heterocycles. The number of ether oxygens (including phenoxy) is 1. The number of esters is 1. The molecule has 0 saturated carbocycles. The Balaban J connectivity index is 2.12. The molecule has 0 aliphatic carbocycles. The van der Waals surface area contributed by atoms with Crippen LogP contribution in [0.2, 0.25) is 0 Å². The van der Waals surface area contributed by atoms with Crippen LogP contribution in [0.4, 0.5) is 4.79 Å². The topological polar surface area (TPSA) is 67.4 Å². The summed E-state index contributed by atoms with van der Waals surface area (Å²) in [5, 5.41) is 7.84. The molecule has 0 bridgehead atoms. The Kier molecular flexibility index (Phi) is 8.50. The maximum absolute atomic E-state index is 11.8. The van der Waals surface area contributed by atoms with Crippen molar-refractivity contribution in [1.82, 2.24) is 10.6 Å². The highest BCUT2D eigenvalue weighted by Gasteiger charge is 2.12. The number of rotatable bonds is 9. The molecule has 118 valence electrons. The summed E-state index contributed by atoms with van der Waals surface area (Å²) in [6.45, 7) is 2.67. The fourth-order valence-corrected chi connectivity index (χ4v) is 2.81. The van der Waals surface area contributed by atoms with Crippen molar-refractivity contribution in [3.05, 3.63) is 22.4 Å². The van der Waals surface area contributed by atoms with E-state index in [0.717, 1.165) is 25.7 Å². The highest BCUT2D eigenvalue weighted by Crippen LogP contribution is 2.21. The van der Waals surface area contributed by atoms with E-state index in [4.69, 9.17) is 0 Å². The van der Waals surface area contributed by atoms with E-state index in [1.54, 1.807) is 11.3 Å². The molecule has 1 aromatic rings. The van der Waals surface area contributed by atoms with Crippen molar-refractivity contribution in [3.63, 3.8) is 0 Å². The third kappa shape index (κ3) is 7.13. The highest BCUT2D eigenvalue weighted by atomic mass is 32.1. The summed E-state index contributed by atoms with van der Waals surface area (Å²) in [6.07, 6.45) is 3.87. The Morgan fingerprint density at radius 1 is 1.33 bits per heavy atom. The van der Waals surface area contributed by atoms with Crippen LogP contribution in [-0.4, -0.2) is 25.7 Å². The summed E-state index contributed by atoms with van der Waals surface area (Å²) in [5.74, 6) is -0.178. The van der Waals surface area contributed by atoms with Gasteiger partial charge in [-0.2, -0.15) is 0 Å². The van der Waals surface area contributed by atoms with Gasteiger partial charge < -0.3 is 15.4 Å². The van der Waals surface area contributed by atoms with Crippen molar-refractivity contribution < 1.29 is 14.3 Å². The Morgan fingerprint density at radius 2 is 2.14 bits per heavy atom. The summed E-state index contributed by atoms with van der Waals surface area (Å²) in [5.41, 5.74) is 0. The van der Waals surface area contributed by atoms with Gasteiger partial charge in [0, 0.05) is 17.8 Å². The van der Waals surface area contributed by atoms with E-state index < -0.39 is 0 Å². The van der Waals surface area contributed by atoms with Crippen LogP contribution in [-0.2, 0) is 9.53 Å². The number of unbranched alkanes of at least 4 members (excludes halogenated alkanes) is 2. The quantitative estimate of drug-likeness (QED) is 0.543. The van der Waals surface area contributed by atoms with E-state index in [9.17, 15) is 9.59 Å². The molecular weight excluding hydrogens is 288 g/mol. The van der Waals surface area contributed by atoms with Crippen LogP contribution in [0.15, 0.2) is 17.5 Å². The van der Waals surface area contributed by atoms with Gasteiger partial charge in [0.25, 0.3) is 0 Å². The number of thiophene rings is 1. The van der Waals surface area contributed by atoms with Gasteiger partial charge in [-0.05, 0) is 30.7 Å². The number of urea groups is 1. The molecular formula is C15H24N2O3S. The number of methoxy groups -OCH3 is 1. The summed E-state index contributed by atoms with van der Waals surface area (Å²) >= 11 is 1.65. The summed E-state index contributed by atoms with van der Waals surface area (Å²) in [4.78, 5) is 23.9. The predicted molar refractivity (Wildman–Crippen MR) is 84.4 cm³/mol. The summed E-state index contributed by atoms with van der Waals surface area (Å²) < 4.78 is 4.57. The van der Waals surface area contributed by atoms with Crippen molar-refractivity contribution in [2.75, 3.05) is 13.7 Å². The molecule has 0 saturated heterocycles. The lowest BCUT2D eigenvalue weighted by Gasteiger charge is -2.16. The first-order valence-corrected chi connectivity index (χ1v) is 8.20. The zero-order chi connectivity index (χ0) is 15.5. The molecule has 0 unspecified atom stereocenters. The fraction of sp³-hybridized carbons (Fsp3) is 0.600. The Hall–Kier alpha value is -1.56. The number of nitrogens with one attached hydrogen (secondary N) is 2. The minimum Gasteiger partial charge on any atom is -0.469 e. The first kappa shape index (κ1) is 17.5. The van der Waals surface area contributed by atoms with Crippen LogP contribution in [0.3, 0.4) is 0 Å². The number of amides is 2. The molecule has 0 aliphatic rings. The van der Waals surface area contributed by atoms with E-state index >= 15 is 0 Å². The molecule has 2 amide bonds. The second-order valence-corrected chi connectivity index (χ2v) is 5.74. The van der Waals surface area contributed by atoms with Crippen LogP contribution >= 0.6 is 11.3 Å². The van der Waals surface area contributed by atoms with Crippen LogP contribution in [0.5, 0.6) is 0 Å². The van der Waals surface area contributed by atoms with E-state index in [0.29, 0.717) is 13.0 Å². The molecule has 2 N–H and O–H groups in total. The lowest BCUT2D eigenvalue weighted by atomic mass is 10.2. The average Bonchev–Trinajstić information content (AvgIpc) is 3.02. The summed E-state index contributed by atoms with van der Waals surface area (Å²) in [7, 11) is 1.39. The molecule has 1 rings (SSSR count). The highest BCUT2D eigenvalue weighted by molar-refractivity contribution is 7.10. The first-order chi connectivity index (χ1) is 10.2. The molecule has 1 atom stereocenters. The van der Waals surface area contributed by atoms with Gasteiger partial charge in [0.1, 0.15) is 0 Å². The molecule has 1 aromatic heterocycles. The predicted octanol–water partition coefficient (Wildman–Crippen LogP) is 3.23. The van der Waals surface area contributed by atoms with Gasteiger partial charge in [-0.3, -0.25) is 4.79 Å². The number of carbonyl (C=O) groups excluding carboxylic acids is 2. The second-order valence-electron chi connectivity index (χ2n) is 4.76. The third-order valence-electron chi connectivity index (χ3n) is 3.17. The van der Waals surface area contributed by atoms with Gasteiger partial charge >= 0.3 is 12.0 Å². The van der Waals surface area contributed by atoms with Crippen LogP contribution in [0.1, 0.15) is 49.9 Å². The van der Waals surface area contributed by atoms with Gasteiger partial charge in [0.05, 0.1) is 13.2 Å². The lowest BCUT2D eigenvalue weighted by Crippen LogP contribution is -2.38. The van der Waals surface area contributed by atoms with Gasteiger partial charge in [-0.15, -0.1) is 11.3 Å². The van der Waals surface area contributed by atoms with Crippen LogP contribution < -0.4 is 10.6 Å². The normalized spacial score (nSPS) is 11.7. The first-order valence-electron chi connectivity index (χ1n) is 7.32. The number of hydrogen-bond acceptors (Lipinski definition) is 4. The molecule has 0 spiro atoms. The van der Waals surface area contributed by atoms with Crippen molar-refractivity contribution in [2.45, 2.75) is 45.1 Å². The standard InChI is InChI=1S/C15H24N2O3S/c1-3-12(13-8-7-11-21-13)17-15(19)16-10-6-4-5-9-14(18)20-2/h7-8,11-12H,3-6,9-10H2,1-2H3,(H2,16,17,19)/t12-/m0/s1. The van der Waals surface area contributed by atoms with Crippen molar-refractivity contribution in [3.8, 4) is 0 Å². The SMILES string of the molecule is CC[C@H](NC(=O)NCCCCCC(=O)OC)c1cccs1. The zero-order valence-electron chi connectivity index (χ0n) is 12.7. The smallest absolute Gasteiger partial charge is 0.315 e. The zero-order valence-corrected chi connectivity index (χ0v) is 13.5. The molecule has 6 heteroatoms. The Bertz CT molecular complexity index is 421. The fourth-order valence-electron chi connectivity index (χ4n) is 1.95. The van der Waals surface area contributed by atoms with Gasteiger partial charge in [0.2, 0.25) is 0 Å². The van der Waals surface area contributed by atoms with E-state index in [1.165, 1.54) is 12.0 Å². The minimum atomic E-state index is -0.178. The van der Waals surface area contributed by atoms with Crippen molar-refractivity contribution in [2.24, 2.45) is 0 Å². The van der Waals surface area contributed by atoms with Crippen LogP contribution in [0, 0.1) is 0 Å². The van der Waals surface area contributed by atoms with Crippen molar-refractivity contribution in [1.29, 1.82) is 0 Å². The van der Waals surface area contributed by atoms with Gasteiger partial charge in [-0.25, -0.2) is 4.79 Å². The van der Waals surface area contributed by atoms with E-state index in [1.807, 2.05) is 17.5 Å². The molecule has 0 fully saturated rings. The Labute approximate surface area is 130 Å². The largest absolute Gasteiger partial charge is 0.469 e. The molecule has 5 nitrogen and oxygen atoms in total. The molecule has 0 aromatic carbocycles. The molecule has 21 heavy (non-hydrogen) atoms. The third-order valence-corrected chi connectivity index (χ3v) is 4.16. The number of hydrogen-bond donors (Lipinski definition) is 2. The van der Waals surface area contributed by atoms with Gasteiger partial charge in [-0.1, -0.05) is 19.4 Å². The molecule has 0 radical (unpaired) electrons. The Morgan fingerprint density at radius 3 is 2.76 bits per heavy atom. The number of carbonyl (C=O) groups is 2. The van der Waals surface area contributed by atoms with Crippen molar-refractivity contribution >= 4 is 23.3 Å². The molecule has 0 aliphatic heterocycles. The maximum Gasteiger partial charge on any atom is 0.315 e. The van der Waals surface area contributed by atoms with E-state index in [-0.39, 0.29) is 18.0 Å². The monoisotopic (exact) mass is 312 g/mol. The van der Waals surface area contributed by atoms with Gasteiger partial charge in [0.15, 0.2) is 0 Å². The van der Waals surface area contributed by atoms with E-state index in [2.05, 4.69) is 22.3 Å². The van der Waals surface area contributed by atoms with Crippen LogP contribution in [0.25, 0.3) is 0 Å². The average molecular weight is 312 g/mol. The lowest BCUT2D eigenvalue weighted by molar-refractivity contribution is -0.140. The second kappa shape index (κ2) is 10.2. The minimum absolute atomic E-state index is 0.0734. The summed E-state index contributed by atoms with van der Waals surface area (Å²) in [6, 6.07) is 3.96.